The highest BCUT2D eigenvalue weighted by Crippen LogP contribution is 2.51. The van der Waals surface area contributed by atoms with E-state index >= 15 is 0 Å². The lowest BCUT2D eigenvalue weighted by Crippen LogP contribution is -2.54. The van der Waals surface area contributed by atoms with E-state index in [2.05, 4.69) is 39.2 Å². The molecule has 1 amide bonds. The Labute approximate surface area is 159 Å². The number of hydrogen-bond acceptors (Lipinski definition) is 5. The first kappa shape index (κ1) is 19.9. The van der Waals surface area contributed by atoms with Gasteiger partial charge < -0.3 is 10.2 Å². The Morgan fingerprint density at radius 1 is 1.19 bits per heavy atom. The second-order valence-corrected chi connectivity index (χ2v) is 8.33. The van der Waals surface area contributed by atoms with Gasteiger partial charge in [0, 0.05) is 32.5 Å². The lowest BCUT2D eigenvalue weighted by Gasteiger charge is -2.43. The molecule has 1 aliphatic carbocycles. The molecule has 8 heteroatoms. The van der Waals surface area contributed by atoms with Gasteiger partial charge in [0.1, 0.15) is 0 Å². The number of nitrogens with one attached hydrogen (secondary N) is 1. The summed E-state index contributed by atoms with van der Waals surface area (Å²) in [6.45, 7) is 9.85. The van der Waals surface area contributed by atoms with E-state index in [1.165, 1.54) is 0 Å². The summed E-state index contributed by atoms with van der Waals surface area (Å²) in [7, 11) is 0. The number of halogens is 2. The van der Waals surface area contributed by atoms with Gasteiger partial charge in [-0.15, -0.1) is 5.10 Å². The normalized spacial score (nSPS) is 25.9. The van der Waals surface area contributed by atoms with Crippen molar-refractivity contribution in [2.75, 3.05) is 24.5 Å². The minimum atomic E-state index is -2.70. The lowest BCUT2D eigenvalue weighted by atomic mass is 9.67. The van der Waals surface area contributed by atoms with Crippen molar-refractivity contribution in [2.45, 2.75) is 59.3 Å². The molecule has 0 radical (unpaired) electrons. The average Bonchev–Trinajstić information content (AvgIpc) is 2.97. The van der Waals surface area contributed by atoms with Crippen molar-refractivity contribution >= 4 is 11.9 Å². The zero-order valence-corrected chi connectivity index (χ0v) is 16.6. The molecule has 1 saturated heterocycles. The summed E-state index contributed by atoms with van der Waals surface area (Å²) in [5, 5.41) is 11.5. The summed E-state index contributed by atoms with van der Waals surface area (Å²) in [5.74, 6) is -1.75. The zero-order valence-electron chi connectivity index (χ0n) is 16.6. The van der Waals surface area contributed by atoms with Crippen LogP contribution in [-0.2, 0) is 17.6 Å². The molecule has 2 fully saturated rings. The van der Waals surface area contributed by atoms with Crippen LogP contribution in [0.4, 0.5) is 14.7 Å². The van der Waals surface area contributed by atoms with E-state index in [0.29, 0.717) is 18.4 Å². The molecular formula is C19H29F2N5O. The maximum absolute atomic E-state index is 13.1. The van der Waals surface area contributed by atoms with Gasteiger partial charge in [-0.25, -0.2) is 13.8 Å². The smallest absolute Gasteiger partial charge is 0.250 e. The first-order chi connectivity index (χ1) is 12.7. The monoisotopic (exact) mass is 381 g/mol. The van der Waals surface area contributed by atoms with Gasteiger partial charge in [0.25, 0.3) is 0 Å². The summed E-state index contributed by atoms with van der Waals surface area (Å²) in [6, 6.07) is 0. The summed E-state index contributed by atoms with van der Waals surface area (Å²) < 4.78 is 26.3. The standard InChI is InChI=1S/C19H29F2N5O/c1-5-14-15(6-2)24-25-17(23-14)26-8-12(3)13(9-26)7-22-16(27)18(4)10-19(20,21)11-18/h12-13H,5-11H2,1-4H3,(H,22,27). The Hall–Kier alpha value is -1.86. The number of carbonyl (C=O) groups excluding carboxylic acids is 1. The highest BCUT2D eigenvalue weighted by atomic mass is 19.3. The van der Waals surface area contributed by atoms with Gasteiger partial charge in [0.2, 0.25) is 17.8 Å². The van der Waals surface area contributed by atoms with Crippen LogP contribution in [0.2, 0.25) is 0 Å². The molecule has 1 aromatic heterocycles. The molecule has 150 valence electrons. The zero-order chi connectivity index (χ0) is 19.8. The fourth-order valence-corrected chi connectivity index (χ4v) is 4.21. The Kier molecular flexibility index (Phi) is 5.36. The Bertz CT molecular complexity index is 703. The van der Waals surface area contributed by atoms with E-state index < -0.39 is 11.3 Å². The molecule has 1 N–H and O–H groups in total. The van der Waals surface area contributed by atoms with Crippen LogP contribution in [0.25, 0.3) is 0 Å². The van der Waals surface area contributed by atoms with Crippen LogP contribution in [0.3, 0.4) is 0 Å². The summed E-state index contributed by atoms with van der Waals surface area (Å²) in [5.41, 5.74) is 0.970. The number of alkyl halides is 2. The molecule has 2 heterocycles. The quantitative estimate of drug-likeness (QED) is 0.820. The fraction of sp³-hybridized carbons (Fsp3) is 0.789. The second kappa shape index (κ2) is 7.28. The van der Waals surface area contributed by atoms with Crippen molar-refractivity contribution in [1.29, 1.82) is 0 Å². The van der Waals surface area contributed by atoms with Gasteiger partial charge in [-0.05, 0) is 24.7 Å². The molecule has 2 atom stereocenters. The maximum Gasteiger partial charge on any atom is 0.250 e. The van der Waals surface area contributed by atoms with E-state index in [4.69, 9.17) is 0 Å². The topological polar surface area (TPSA) is 71.0 Å². The summed E-state index contributed by atoms with van der Waals surface area (Å²) >= 11 is 0. The molecule has 2 unspecified atom stereocenters. The number of rotatable bonds is 6. The molecular weight excluding hydrogens is 352 g/mol. The van der Waals surface area contributed by atoms with Gasteiger partial charge in [-0.3, -0.25) is 4.79 Å². The summed E-state index contributed by atoms with van der Waals surface area (Å²) in [6.07, 6.45) is 0.909. The largest absolute Gasteiger partial charge is 0.355 e. The average molecular weight is 381 g/mol. The van der Waals surface area contributed by atoms with Gasteiger partial charge >= 0.3 is 0 Å². The highest BCUT2D eigenvalue weighted by Gasteiger charge is 2.57. The van der Waals surface area contributed by atoms with Gasteiger partial charge in [-0.1, -0.05) is 27.7 Å². The molecule has 27 heavy (non-hydrogen) atoms. The number of aryl methyl sites for hydroxylation is 2. The van der Waals surface area contributed by atoms with E-state index in [1.807, 2.05) is 6.92 Å². The van der Waals surface area contributed by atoms with E-state index in [0.717, 1.165) is 37.3 Å². The molecule has 6 nitrogen and oxygen atoms in total. The van der Waals surface area contributed by atoms with Crippen LogP contribution in [-0.4, -0.2) is 46.6 Å². The van der Waals surface area contributed by atoms with E-state index in [9.17, 15) is 13.6 Å². The number of hydrogen-bond donors (Lipinski definition) is 1. The van der Waals surface area contributed by atoms with Gasteiger partial charge in [0.15, 0.2) is 0 Å². The van der Waals surface area contributed by atoms with Gasteiger partial charge in [0.05, 0.1) is 16.8 Å². The fourth-order valence-electron chi connectivity index (χ4n) is 4.21. The second-order valence-electron chi connectivity index (χ2n) is 8.33. The molecule has 1 aromatic rings. The van der Waals surface area contributed by atoms with Crippen molar-refractivity contribution in [1.82, 2.24) is 20.5 Å². The number of amides is 1. The first-order valence-corrected chi connectivity index (χ1v) is 9.81. The van der Waals surface area contributed by atoms with Crippen molar-refractivity contribution in [2.24, 2.45) is 17.3 Å². The van der Waals surface area contributed by atoms with Crippen LogP contribution in [0.1, 0.15) is 51.9 Å². The van der Waals surface area contributed by atoms with E-state index in [1.54, 1.807) is 6.92 Å². The highest BCUT2D eigenvalue weighted by molar-refractivity contribution is 5.83. The Morgan fingerprint density at radius 3 is 2.44 bits per heavy atom. The molecule has 1 aliphatic heterocycles. The van der Waals surface area contributed by atoms with Crippen molar-refractivity contribution in [3.63, 3.8) is 0 Å². The van der Waals surface area contributed by atoms with E-state index in [-0.39, 0.29) is 24.7 Å². The van der Waals surface area contributed by atoms with Crippen LogP contribution >= 0.6 is 0 Å². The SMILES string of the molecule is CCc1nnc(N2CC(C)C(CNC(=O)C3(C)CC(F)(F)C3)C2)nc1CC. The van der Waals surface area contributed by atoms with Gasteiger partial charge in [-0.2, -0.15) is 5.10 Å². The molecule has 3 rings (SSSR count). The first-order valence-electron chi connectivity index (χ1n) is 9.81. The maximum atomic E-state index is 13.1. The van der Waals surface area contributed by atoms with Crippen LogP contribution < -0.4 is 10.2 Å². The van der Waals surface area contributed by atoms with Crippen LogP contribution in [0, 0.1) is 17.3 Å². The third-order valence-corrected chi connectivity index (χ3v) is 5.92. The van der Waals surface area contributed by atoms with Crippen LogP contribution in [0.5, 0.6) is 0 Å². The van der Waals surface area contributed by atoms with Crippen LogP contribution in [0.15, 0.2) is 0 Å². The number of anilines is 1. The summed E-state index contributed by atoms with van der Waals surface area (Å²) in [4.78, 5) is 19.1. The molecule has 1 saturated carbocycles. The Balaban J connectivity index is 1.58. The molecule has 0 spiro atoms. The Morgan fingerprint density at radius 2 is 1.85 bits per heavy atom. The minimum absolute atomic E-state index is 0.234. The molecule has 2 aliphatic rings. The minimum Gasteiger partial charge on any atom is -0.355 e. The predicted octanol–water partition coefficient (Wildman–Crippen LogP) is 2.62. The number of aromatic nitrogens is 3. The predicted molar refractivity (Wildman–Crippen MR) is 98.7 cm³/mol. The molecule has 0 bridgehead atoms. The number of nitrogens with zero attached hydrogens (tertiary/aromatic N) is 4. The lowest BCUT2D eigenvalue weighted by molar-refractivity contribution is -0.174. The number of carbonyl (C=O) groups is 1. The molecule has 0 aromatic carbocycles. The van der Waals surface area contributed by atoms with Crippen molar-refractivity contribution in [3.8, 4) is 0 Å². The van der Waals surface area contributed by atoms with Crippen molar-refractivity contribution in [3.05, 3.63) is 11.4 Å². The third-order valence-electron chi connectivity index (χ3n) is 5.92. The third kappa shape index (κ3) is 4.04. The van der Waals surface area contributed by atoms with Crippen molar-refractivity contribution < 1.29 is 13.6 Å².